The second kappa shape index (κ2) is 6.99. The van der Waals surface area contributed by atoms with Crippen molar-refractivity contribution in [2.24, 2.45) is 7.05 Å². The van der Waals surface area contributed by atoms with Crippen LogP contribution in [0.2, 0.25) is 5.02 Å². The second-order valence-electron chi connectivity index (χ2n) is 4.78. The molecule has 0 aliphatic heterocycles. The van der Waals surface area contributed by atoms with Crippen molar-refractivity contribution in [2.45, 2.75) is 6.92 Å². The molecule has 1 amide bonds. The van der Waals surface area contributed by atoms with Crippen LogP contribution in [0.25, 0.3) is 6.08 Å². The van der Waals surface area contributed by atoms with E-state index in [2.05, 4.69) is 10.4 Å². The summed E-state index contributed by atoms with van der Waals surface area (Å²) in [6.07, 6.45) is 3.09. The normalized spacial score (nSPS) is 11.0. The highest BCUT2D eigenvalue weighted by atomic mass is 35.5. The molecule has 0 saturated carbocycles. The summed E-state index contributed by atoms with van der Waals surface area (Å²) in [6, 6.07) is 6.77. The molecule has 1 heterocycles. The van der Waals surface area contributed by atoms with Crippen molar-refractivity contribution in [3.8, 4) is 11.8 Å². The van der Waals surface area contributed by atoms with Gasteiger partial charge in [0.15, 0.2) is 0 Å². The zero-order valence-electron chi connectivity index (χ0n) is 12.9. The lowest BCUT2D eigenvalue weighted by Gasteiger charge is -2.08. The number of carbonyl (C=O) groups is 1. The molecule has 23 heavy (non-hydrogen) atoms. The monoisotopic (exact) mass is 330 g/mol. The number of hydrogen-bond donors (Lipinski definition) is 1. The first-order valence-corrected chi connectivity index (χ1v) is 7.09. The van der Waals surface area contributed by atoms with Crippen molar-refractivity contribution in [1.82, 2.24) is 9.78 Å². The number of hydrogen-bond acceptors (Lipinski definition) is 4. The molecule has 118 valence electrons. The Labute approximate surface area is 138 Å². The van der Waals surface area contributed by atoms with E-state index in [9.17, 15) is 10.1 Å². The first-order valence-electron chi connectivity index (χ1n) is 6.71. The summed E-state index contributed by atoms with van der Waals surface area (Å²) < 4.78 is 6.76. The molecule has 0 aliphatic rings. The molecule has 1 aromatic heterocycles. The molecule has 0 radical (unpaired) electrons. The summed E-state index contributed by atoms with van der Waals surface area (Å²) in [5, 5.41) is 16.3. The largest absolute Gasteiger partial charge is 0.497 e. The Hall–Kier alpha value is -2.78. The van der Waals surface area contributed by atoms with Crippen molar-refractivity contribution in [3.63, 3.8) is 0 Å². The van der Waals surface area contributed by atoms with Gasteiger partial charge in [-0.25, -0.2) is 0 Å². The van der Waals surface area contributed by atoms with E-state index in [-0.39, 0.29) is 5.57 Å². The van der Waals surface area contributed by atoms with Gasteiger partial charge in [-0.2, -0.15) is 10.4 Å². The highest BCUT2D eigenvalue weighted by molar-refractivity contribution is 6.34. The molecular formula is C16H15ClN4O2. The lowest BCUT2D eigenvalue weighted by Crippen LogP contribution is -2.14. The van der Waals surface area contributed by atoms with E-state index in [0.29, 0.717) is 22.0 Å². The van der Waals surface area contributed by atoms with Crippen LogP contribution >= 0.6 is 11.6 Å². The van der Waals surface area contributed by atoms with E-state index in [1.165, 1.54) is 13.2 Å². The smallest absolute Gasteiger partial charge is 0.266 e. The number of halogens is 1. The maximum Gasteiger partial charge on any atom is 0.266 e. The summed E-state index contributed by atoms with van der Waals surface area (Å²) >= 11 is 6.05. The van der Waals surface area contributed by atoms with Gasteiger partial charge < -0.3 is 10.1 Å². The average molecular weight is 331 g/mol. The number of rotatable bonds is 4. The van der Waals surface area contributed by atoms with Gasteiger partial charge >= 0.3 is 0 Å². The fraction of sp³-hybridized carbons (Fsp3) is 0.188. The number of aryl methyl sites for hydroxylation is 1. The molecule has 2 rings (SSSR count). The van der Waals surface area contributed by atoms with Crippen molar-refractivity contribution in [1.29, 1.82) is 5.26 Å². The number of ether oxygens (including phenoxy) is 1. The Morgan fingerprint density at radius 3 is 2.83 bits per heavy atom. The number of carbonyl (C=O) groups excluding carboxylic acids is 1. The Balaban J connectivity index is 2.28. The number of amides is 1. The van der Waals surface area contributed by atoms with Crippen LogP contribution in [0.3, 0.4) is 0 Å². The number of nitrogens with zero attached hydrogens (tertiary/aromatic N) is 3. The van der Waals surface area contributed by atoms with Crippen molar-refractivity contribution >= 4 is 29.3 Å². The zero-order chi connectivity index (χ0) is 17.0. The number of nitrogens with one attached hydrogen (secondary N) is 1. The minimum Gasteiger partial charge on any atom is -0.497 e. The number of nitriles is 1. The third-order valence-electron chi connectivity index (χ3n) is 3.36. The van der Waals surface area contributed by atoms with E-state index in [4.69, 9.17) is 16.3 Å². The van der Waals surface area contributed by atoms with Crippen LogP contribution < -0.4 is 10.1 Å². The molecule has 1 aromatic carbocycles. The average Bonchev–Trinajstić information content (AvgIpc) is 2.86. The van der Waals surface area contributed by atoms with Crippen LogP contribution in [0.1, 0.15) is 11.3 Å². The minimum atomic E-state index is -0.550. The lowest BCUT2D eigenvalue weighted by atomic mass is 10.1. The number of benzene rings is 1. The first-order chi connectivity index (χ1) is 11.0. The SMILES string of the molecule is COc1ccc(Cl)c(NC(=O)/C(C#N)=C/c2cnn(C)c2C)c1. The van der Waals surface area contributed by atoms with Crippen molar-refractivity contribution in [2.75, 3.05) is 12.4 Å². The van der Waals surface area contributed by atoms with Gasteiger partial charge in [0, 0.05) is 24.4 Å². The van der Waals surface area contributed by atoms with Gasteiger partial charge in [0.25, 0.3) is 5.91 Å². The predicted molar refractivity (Wildman–Crippen MR) is 88.2 cm³/mol. The molecule has 6 nitrogen and oxygen atoms in total. The van der Waals surface area contributed by atoms with Gasteiger partial charge in [-0.1, -0.05) is 11.6 Å². The predicted octanol–water partition coefficient (Wildman–Crippen LogP) is 2.94. The molecule has 7 heteroatoms. The standard InChI is InChI=1S/C16H15ClN4O2/c1-10-12(9-19-21(10)2)6-11(8-18)16(22)20-15-7-13(23-3)4-5-14(15)17/h4-7,9H,1-3H3,(H,20,22)/b11-6+. The van der Waals surface area contributed by atoms with Gasteiger partial charge in [0.2, 0.25) is 0 Å². The number of aromatic nitrogens is 2. The molecule has 1 N–H and O–H groups in total. The molecule has 0 unspecified atom stereocenters. The molecule has 0 spiro atoms. The Bertz CT molecular complexity index is 818. The van der Waals surface area contributed by atoms with Crippen LogP contribution in [0, 0.1) is 18.3 Å². The van der Waals surface area contributed by atoms with Crippen molar-refractivity contribution < 1.29 is 9.53 Å². The van der Waals surface area contributed by atoms with Gasteiger partial charge in [-0.05, 0) is 25.1 Å². The maximum atomic E-state index is 12.3. The highest BCUT2D eigenvalue weighted by Crippen LogP contribution is 2.27. The van der Waals surface area contributed by atoms with E-state index in [1.54, 1.807) is 36.1 Å². The van der Waals surface area contributed by atoms with Crippen LogP contribution in [0.5, 0.6) is 5.75 Å². The molecule has 0 bridgehead atoms. The van der Waals surface area contributed by atoms with Crippen molar-refractivity contribution in [3.05, 3.63) is 46.2 Å². The molecule has 0 atom stereocenters. The summed E-state index contributed by atoms with van der Waals surface area (Å²) in [5.41, 5.74) is 1.89. The summed E-state index contributed by atoms with van der Waals surface area (Å²) in [7, 11) is 3.30. The van der Waals surface area contributed by atoms with Gasteiger partial charge in [-0.3, -0.25) is 9.48 Å². The Morgan fingerprint density at radius 2 is 2.26 bits per heavy atom. The molecule has 0 fully saturated rings. The summed E-state index contributed by atoms with van der Waals surface area (Å²) in [5.74, 6) is 0.00111. The fourth-order valence-corrected chi connectivity index (χ4v) is 2.04. The third kappa shape index (κ3) is 3.71. The van der Waals surface area contributed by atoms with Crippen LogP contribution in [-0.4, -0.2) is 22.8 Å². The Morgan fingerprint density at radius 1 is 1.52 bits per heavy atom. The third-order valence-corrected chi connectivity index (χ3v) is 3.69. The highest BCUT2D eigenvalue weighted by Gasteiger charge is 2.13. The fourth-order valence-electron chi connectivity index (χ4n) is 1.88. The topological polar surface area (TPSA) is 79.9 Å². The quantitative estimate of drug-likeness (QED) is 0.690. The van der Waals surface area contributed by atoms with E-state index in [1.807, 2.05) is 13.0 Å². The second-order valence-corrected chi connectivity index (χ2v) is 5.19. The zero-order valence-corrected chi connectivity index (χ0v) is 13.7. The summed E-state index contributed by atoms with van der Waals surface area (Å²) in [6.45, 7) is 1.85. The summed E-state index contributed by atoms with van der Waals surface area (Å²) in [4.78, 5) is 12.3. The maximum absolute atomic E-state index is 12.3. The van der Waals surface area contributed by atoms with Gasteiger partial charge in [0.1, 0.15) is 17.4 Å². The number of anilines is 1. The van der Waals surface area contributed by atoms with E-state index >= 15 is 0 Å². The van der Waals surface area contributed by atoms with Crippen LogP contribution in [-0.2, 0) is 11.8 Å². The van der Waals surface area contributed by atoms with Gasteiger partial charge in [-0.15, -0.1) is 0 Å². The number of methoxy groups -OCH3 is 1. The van der Waals surface area contributed by atoms with E-state index in [0.717, 1.165) is 5.69 Å². The molecule has 0 saturated heterocycles. The Kier molecular flexibility index (Phi) is 5.04. The molecule has 0 aliphatic carbocycles. The molecule has 2 aromatic rings. The van der Waals surface area contributed by atoms with Crippen LogP contribution in [0.4, 0.5) is 5.69 Å². The lowest BCUT2D eigenvalue weighted by molar-refractivity contribution is -0.112. The van der Waals surface area contributed by atoms with Crippen LogP contribution in [0.15, 0.2) is 30.0 Å². The van der Waals surface area contributed by atoms with Gasteiger partial charge in [0.05, 0.1) is 24.0 Å². The first kappa shape index (κ1) is 16.6. The molecular weight excluding hydrogens is 316 g/mol. The minimum absolute atomic E-state index is 0.0417. The van der Waals surface area contributed by atoms with E-state index < -0.39 is 5.91 Å².